The molecule has 1 aromatic heterocycles. The maximum Gasteiger partial charge on any atom is 0.253 e. The molecule has 1 fully saturated rings. The number of benzene rings is 1. The lowest BCUT2D eigenvalue weighted by Gasteiger charge is -2.31. The van der Waals surface area contributed by atoms with Crippen LogP contribution in [-0.4, -0.2) is 42.1 Å². The SMILES string of the molecule is COC1CCN(C(=O)c2ccc3oc(C(C)C)nc3c2)CC1. The van der Waals surface area contributed by atoms with Gasteiger partial charge in [0.1, 0.15) is 5.52 Å². The van der Waals surface area contributed by atoms with Crippen LogP contribution in [0.1, 0.15) is 48.9 Å². The lowest BCUT2D eigenvalue weighted by atomic mass is 10.1. The quantitative estimate of drug-likeness (QED) is 0.873. The Balaban J connectivity index is 1.79. The molecule has 22 heavy (non-hydrogen) atoms. The Bertz CT molecular complexity index is 670. The van der Waals surface area contributed by atoms with Gasteiger partial charge in [0.25, 0.3) is 5.91 Å². The van der Waals surface area contributed by atoms with Gasteiger partial charge < -0.3 is 14.1 Å². The van der Waals surface area contributed by atoms with Crippen LogP contribution in [-0.2, 0) is 4.74 Å². The molecule has 1 aliphatic heterocycles. The molecule has 0 unspecified atom stereocenters. The molecule has 0 N–H and O–H groups in total. The lowest BCUT2D eigenvalue weighted by Crippen LogP contribution is -2.40. The smallest absolute Gasteiger partial charge is 0.253 e. The minimum Gasteiger partial charge on any atom is -0.440 e. The van der Waals surface area contributed by atoms with E-state index in [0.29, 0.717) is 11.5 Å². The zero-order valence-electron chi connectivity index (χ0n) is 13.3. The van der Waals surface area contributed by atoms with E-state index in [1.165, 1.54) is 0 Å². The number of amides is 1. The van der Waals surface area contributed by atoms with Gasteiger partial charge in [-0.1, -0.05) is 13.8 Å². The van der Waals surface area contributed by atoms with Gasteiger partial charge in [0, 0.05) is 31.7 Å². The molecule has 1 aromatic carbocycles. The number of carbonyl (C=O) groups excluding carboxylic acids is 1. The maximum absolute atomic E-state index is 12.6. The molecular weight excluding hydrogens is 280 g/mol. The number of ether oxygens (including phenoxy) is 1. The second kappa shape index (κ2) is 6.08. The zero-order valence-corrected chi connectivity index (χ0v) is 13.3. The molecule has 5 heteroatoms. The average Bonchev–Trinajstić information content (AvgIpc) is 2.97. The number of oxazole rings is 1. The predicted molar refractivity (Wildman–Crippen MR) is 84.0 cm³/mol. The summed E-state index contributed by atoms with van der Waals surface area (Å²) < 4.78 is 11.0. The highest BCUT2D eigenvalue weighted by molar-refractivity contribution is 5.97. The largest absolute Gasteiger partial charge is 0.440 e. The minimum atomic E-state index is 0.0607. The standard InChI is InChI=1S/C17H22N2O3/c1-11(2)16-18-14-10-12(4-5-15(14)22-16)17(20)19-8-6-13(21-3)7-9-19/h4-5,10-11,13H,6-9H2,1-3H3. The van der Waals surface area contributed by atoms with E-state index in [2.05, 4.69) is 4.98 Å². The third kappa shape index (κ3) is 2.86. The Morgan fingerprint density at radius 2 is 2.09 bits per heavy atom. The maximum atomic E-state index is 12.6. The highest BCUT2D eigenvalue weighted by Crippen LogP contribution is 2.23. The first-order valence-corrected chi connectivity index (χ1v) is 7.81. The van der Waals surface area contributed by atoms with Crippen LogP contribution in [0.25, 0.3) is 11.1 Å². The summed E-state index contributed by atoms with van der Waals surface area (Å²) in [6.45, 7) is 5.56. The fourth-order valence-corrected chi connectivity index (χ4v) is 2.80. The predicted octanol–water partition coefficient (Wildman–Crippen LogP) is 3.20. The van der Waals surface area contributed by atoms with E-state index in [-0.39, 0.29) is 17.9 Å². The molecule has 1 aliphatic rings. The number of carbonyl (C=O) groups is 1. The number of aromatic nitrogens is 1. The van der Waals surface area contributed by atoms with E-state index in [1.54, 1.807) is 7.11 Å². The fourth-order valence-electron chi connectivity index (χ4n) is 2.80. The van der Waals surface area contributed by atoms with Crippen LogP contribution in [0.3, 0.4) is 0 Å². The van der Waals surface area contributed by atoms with Gasteiger partial charge in [-0.15, -0.1) is 0 Å². The number of nitrogens with zero attached hydrogens (tertiary/aromatic N) is 2. The minimum absolute atomic E-state index is 0.0607. The number of rotatable bonds is 3. The van der Waals surface area contributed by atoms with Gasteiger partial charge in [-0.25, -0.2) is 4.98 Å². The van der Waals surface area contributed by atoms with Gasteiger partial charge in [-0.2, -0.15) is 0 Å². The van der Waals surface area contributed by atoms with Crippen molar-refractivity contribution in [3.8, 4) is 0 Å². The lowest BCUT2D eigenvalue weighted by molar-refractivity contribution is 0.0351. The van der Waals surface area contributed by atoms with E-state index in [0.717, 1.165) is 37.0 Å². The molecule has 0 radical (unpaired) electrons. The van der Waals surface area contributed by atoms with Gasteiger partial charge in [0.05, 0.1) is 6.10 Å². The Labute approximate surface area is 130 Å². The molecule has 0 bridgehead atoms. The van der Waals surface area contributed by atoms with Crippen LogP contribution in [0.15, 0.2) is 22.6 Å². The number of hydrogen-bond donors (Lipinski definition) is 0. The highest BCUT2D eigenvalue weighted by Gasteiger charge is 2.24. The van der Waals surface area contributed by atoms with Crippen molar-refractivity contribution in [2.24, 2.45) is 0 Å². The van der Waals surface area contributed by atoms with Crippen LogP contribution in [0.5, 0.6) is 0 Å². The Kier molecular flexibility index (Phi) is 4.16. The molecule has 0 saturated carbocycles. The van der Waals surface area contributed by atoms with Crippen molar-refractivity contribution < 1.29 is 13.9 Å². The summed E-state index contributed by atoms with van der Waals surface area (Å²) in [6.07, 6.45) is 2.06. The molecule has 0 aliphatic carbocycles. The molecule has 0 spiro atoms. The molecular formula is C17H22N2O3. The molecule has 3 rings (SSSR count). The van der Waals surface area contributed by atoms with E-state index < -0.39 is 0 Å². The normalized spacial score (nSPS) is 16.6. The van der Waals surface area contributed by atoms with Crippen molar-refractivity contribution >= 4 is 17.0 Å². The first-order chi connectivity index (χ1) is 10.6. The van der Waals surface area contributed by atoms with Crippen molar-refractivity contribution in [3.05, 3.63) is 29.7 Å². The summed E-state index contributed by atoms with van der Waals surface area (Å²) in [6, 6.07) is 5.49. The first kappa shape index (κ1) is 15.0. The van der Waals surface area contributed by atoms with Crippen molar-refractivity contribution in [2.75, 3.05) is 20.2 Å². The summed E-state index contributed by atoms with van der Waals surface area (Å²) in [7, 11) is 1.73. The third-order valence-corrected chi connectivity index (χ3v) is 4.21. The van der Waals surface area contributed by atoms with E-state index in [9.17, 15) is 4.79 Å². The zero-order chi connectivity index (χ0) is 15.7. The van der Waals surface area contributed by atoms with Crippen LogP contribution in [0.2, 0.25) is 0 Å². The molecule has 2 heterocycles. The molecule has 118 valence electrons. The second-order valence-electron chi connectivity index (χ2n) is 6.12. The third-order valence-electron chi connectivity index (χ3n) is 4.21. The summed E-state index contributed by atoms with van der Waals surface area (Å²) in [4.78, 5) is 19.0. The van der Waals surface area contributed by atoms with Crippen LogP contribution >= 0.6 is 0 Å². The van der Waals surface area contributed by atoms with Gasteiger partial charge >= 0.3 is 0 Å². The molecule has 0 atom stereocenters. The van der Waals surface area contributed by atoms with Gasteiger partial charge in [-0.3, -0.25) is 4.79 Å². The van der Waals surface area contributed by atoms with Crippen molar-refractivity contribution in [3.63, 3.8) is 0 Å². The van der Waals surface area contributed by atoms with Gasteiger partial charge in [0.15, 0.2) is 11.5 Å². The van der Waals surface area contributed by atoms with E-state index >= 15 is 0 Å². The number of likely N-dealkylation sites (tertiary alicyclic amines) is 1. The summed E-state index contributed by atoms with van der Waals surface area (Å²) in [5, 5.41) is 0. The van der Waals surface area contributed by atoms with Crippen LogP contribution < -0.4 is 0 Å². The summed E-state index contributed by atoms with van der Waals surface area (Å²) in [5.74, 6) is 1.01. The highest BCUT2D eigenvalue weighted by atomic mass is 16.5. The fraction of sp³-hybridized carbons (Fsp3) is 0.529. The molecule has 1 amide bonds. The van der Waals surface area contributed by atoms with Crippen molar-refractivity contribution in [1.29, 1.82) is 0 Å². The van der Waals surface area contributed by atoms with Crippen molar-refractivity contribution in [1.82, 2.24) is 9.88 Å². The molecule has 1 saturated heterocycles. The monoisotopic (exact) mass is 302 g/mol. The van der Waals surface area contributed by atoms with Gasteiger partial charge in [-0.05, 0) is 31.0 Å². The van der Waals surface area contributed by atoms with Crippen molar-refractivity contribution in [2.45, 2.75) is 38.7 Å². The van der Waals surface area contributed by atoms with Crippen LogP contribution in [0, 0.1) is 0 Å². The average molecular weight is 302 g/mol. The summed E-state index contributed by atoms with van der Waals surface area (Å²) in [5.41, 5.74) is 2.16. The van der Waals surface area contributed by atoms with E-state index in [1.807, 2.05) is 36.9 Å². The first-order valence-electron chi connectivity index (χ1n) is 7.81. The van der Waals surface area contributed by atoms with Crippen LogP contribution in [0.4, 0.5) is 0 Å². The summed E-state index contributed by atoms with van der Waals surface area (Å²) >= 11 is 0. The number of hydrogen-bond acceptors (Lipinski definition) is 4. The topological polar surface area (TPSA) is 55.6 Å². The van der Waals surface area contributed by atoms with Gasteiger partial charge in [0.2, 0.25) is 0 Å². The molecule has 5 nitrogen and oxygen atoms in total. The number of piperidine rings is 1. The van der Waals surface area contributed by atoms with E-state index in [4.69, 9.17) is 9.15 Å². The number of methoxy groups -OCH3 is 1. The Hall–Kier alpha value is -1.88. The Morgan fingerprint density at radius 3 is 2.73 bits per heavy atom. The number of fused-ring (bicyclic) bond motifs is 1. The Morgan fingerprint density at radius 1 is 1.36 bits per heavy atom. The second-order valence-corrected chi connectivity index (χ2v) is 6.12. The molecule has 2 aromatic rings.